The standard InChI is InChI=1S/C10H19N/c1-7(2)10-5-8-4-9(8)6-11(10)3/h7-10H,4-6H2,1-3H3/t8-,9+,10+/m0/s1. The van der Waals surface area contributed by atoms with Crippen LogP contribution < -0.4 is 0 Å². The summed E-state index contributed by atoms with van der Waals surface area (Å²) in [6, 6.07) is 0.874. The summed E-state index contributed by atoms with van der Waals surface area (Å²) in [5.41, 5.74) is 0. The van der Waals surface area contributed by atoms with Gasteiger partial charge in [-0.3, -0.25) is 0 Å². The first-order valence-electron chi connectivity index (χ1n) is 4.88. The smallest absolute Gasteiger partial charge is 0.0118 e. The van der Waals surface area contributed by atoms with Crippen molar-refractivity contribution in [2.24, 2.45) is 17.8 Å². The molecule has 0 N–H and O–H groups in total. The van der Waals surface area contributed by atoms with Crippen LogP contribution >= 0.6 is 0 Å². The quantitative estimate of drug-likeness (QED) is 0.557. The molecule has 0 radical (unpaired) electrons. The zero-order valence-electron chi connectivity index (χ0n) is 7.88. The van der Waals surface area contributed by atoms with Crippen LogP contribution in [0.1, 0.15) is 26.7 Å². The molecule has 0 bridgehead atoms. The number of likely N-dealkylation sites (tertiary alicyclic amines) is 1. The third kappa shape index (κ3) is 1.31. The third-order valence-electron chi connectivity index (χ3n) is 3.47. The van der Waals surface area contributed by atoms with Crippen LogP contribution in [-0.4, -0.2) is 24.5 Å². The van der Waals surface area contributed by atoms with E-state index in [4.69, 9.17) is 0 Å². The Bertz CT molecular complexity index is 153. The Labute approximate surface area is 69.8 Å². The molecule has 0 aromatic rings. The summed E-state index contributed by atoms with van der Waals surface area (Å²) >= 11 is 0. The highest BCUT2D eigenvalue weighted by molar-refractivity contribution is 4.97. The van der Waals surface area contributed by atoms with Gasteiger partial charge in [-0.15, -0.1) is 0 Å². The minimum Gasteiger partial charge on any atom is -0.303 e. The van der Waals surface area contributed by atoms with E-state index in [0.717, 1.165) is 23.8 Å². The van der Waals surface area contributed by atoms with E-state index in [1.807, 2.05) is 0 Å². The maximum absolute atomic E-state index is 2.57. The molecule has 11 heavy (non-hydrogen) atoms. The van der Waals surface area contributed by atoms with Gasteiger partial charge in [-0.05, 0) is 37.6 Å². The first kappa shape index (κ1) is 7.60. The van der Waals surface area contributed by atoms with Crippen molar-refractivity contribution in [1.29, 1.82) is 0 Å². The highest BCUT2D eigenvalue weighted by Gasteiger charge is 2.44. The monoisotopic (exact) mass is 153 g/mol. The molecule has 3 atom stereocenters. The van der Waals surface area contributed by atoms with E-state index in [9.17, 15) is 0 Å². The van der Waals surface area contributed by atoms with Crippen LogP contribution in [0.4, 0.5) is 0 Å². The third-order valence-corrected chi connectivity index (χ3v) is 3.47. The summed E-state index contributed by atoms with van der Waals surface area (Å²) in [4.78, 5) is 2.57. The molecule has 0 amide bonds. The van der Waals surface area contributed by atoms with Crippen molar-refractivity contribution in [3.05, 3.63) is 0 Å². The Balaban J connectivity index is 1.97. The fourth-order valence-electron chi connectivity index (χ4n) is 2.60. The van der Waals surface area contributed by atoms with Crippen molar-refractivity contribution < 1.29 is 0 Å². The van der Waals surface area contributed by atoms with Crippen LogP contribution in [0.15, 0.2) is 0 Å². The molecule has 0 spiro atoms. The zero-order chi connectivity index (χ0) is 8.01. The zero-order valence-corrected chi connectivity index (χ0v) is 7.88. The second-order valence-electron chi connectivity index (χ2n) is 4.74. The summed E-state index contributed by atoms with van der Waals surface area (Å²) in [7, 11) is 2.29. The number of rotatable bonds is 1. The van der Waals surface area contributed by atoms with Gasteiger partial charge in [0.2, 0.25) is 0 Å². The van der Waals surface area contributed by atoms with Crippen LogP contribution in [0.2, 0.25) is 0 Å². The Hall–Kier alpha value is -0.0400. The maximum Gasteiger partial charge on any atom is 0.0118 e. The molecule has 0 aromatic heterocycles. The molecule has 2 aliphatic rings. The molecule has 1 nitrogen and oxygen atoms in total. The lowest BCUT2D eigenvalue weighted by Crippen LogP contribution is -2.40. The van der Waals surface area contributed by atoms with Gasteiger partial charge >= 0.3 is 0 Å². The van der Waals surface area contributed by atoms with E-state index in [1.165, 1.54) is 19.4 Å². The largest absolute Gasteiger partial charge is 0.303 e. The number of piperidine rings is 1. The van der Waals surface area contributed by atoms with Crippen LogP contribution in [0, 0.1) is 17.8 Å². The molecule has 1 saturated carbocycles. The minimum absolute atomic E-state index is 0.849. The van der Waals surface area contributed by atoms with Gasteiger partial charge in [0, 0.05) is 12.6 Å². The lowest BCUT2D eigenvalue weighted by molar-refractivity contribution is 0.137. The van der Waals surface area contributed by atoms with Gasteiger partial charge in [-0.1, -0.05) is 13.8 Å². The molecule has 0 unspecified atom stereocenters. The van der Waals surface area contributed by atoms with Crippen LogP contribution in [0.25, 0.3) is 0 Å². The molecular weight excluding hydrogens is 134 g/mol. The van der Waals surface area contributed by atoms with Crippen molar-refractivity contribution in [1.82, 2.24) is 4.90 Å². The Morgan fingerprint density at radius 1 is 1.18 bits per heavy atom. The molecule has 1 aliphatic heterocycles. The molecule has 0 aromatic carbocycles. The summed E-state index contributed by atoms with van der Waals surface area (Å²) < 4.78 is 0. The fourth-order valence-corrected chi connectivity index (χ4v) is 2.60. The van der Waals surface area contributed by atoms with Gasteiger partial charge in [0.1, 0.15) is 0 Å². The molecule has 1 saturated heterocycles. The average Bonchev–Trinajstić information content (AvgIpc) is 2.63. The SMILES string of the molecule is CC(C)[C@H]1C[C@@H]2C[C@@H]2CN1C. The summed E-state index contributed by atoms with van der Waals surface area (Å²) in [6.07, 6.45) is 2.99. The lowest BCUT2D eigenvalue weighted by atomic mass is 9.93. The lowest BCUT2D eigenvalue weighted by Gasteiger charge is -2.34. The van der Waals surface area contributed by atoms with Gasteiger partial charge in [0.15, 0.2) is 0 Å². The summed E-state index contributed by atoms with van der Waals surface area (Å²) in [5.74, 6) is 3.04. The van der Waals surface area contributed by atoms with Crippen molar-refractivity contribution in [2.45, 2.75) is 32.7 Å². The Morgan fingerprint density at radius 2 is 1.91 bits per heavy atom. The minimum atomic E-state index is 0.849. The second kappa shape index (κ2) is 2.48. The van der Waals surface area contributed by atoms with Gasteiger partial charge in [0.05, 0.1) is 0 Å². The molecule has 1 heteroatoms. The maximum atomic E-state index is 2.57. The van der Waals surface area contributed by atoms with Crippen molar-refractivity contribution in [2.75, 3.05) is 13.6 Å². The normalized spacial score (nSPS) is 44.2. The van der Waals surface area contributed by atoms with Gasteiger partial charge in [-0.2, -0.15) is 0 Å². The van der Waals surface area contributed by atoms with Crippen LogP contribution in [-0.2, 0) is 0 Å². The van der Waals surface area contributed by atoms with Gasteiger partial charge < -0.3 is 4.90 Å². The predicted octanol–water partition coefficient (Wildman–Crippen LogP) is 1.98. The first-order valence-corrected chi connectivity index (χ1v) is 4.88. The second-order valence-corrected chi connectivity index (χ2v) is 4.74. The highest BCUT2D eigenvalue weighted by Crippen LogP contribution is 2.47. The van der Waals surface area contributed by atoms with E-state index in [2.05, 4.69) is 25.8 Å². The molecule has 1 aliphatic carbocycles. The molecule has 2 fully saturated rings. The van der Waals surface area contributed by atoms with Gasteiger partial charge in [-0.25, -0.2) is 0 Å². The average molecular weight is 153 g/mol. The fraction of sp³-hybridized carbons (Fsp3) is 1.00. The van der Waals surface area contributed by atoms with Crippen LogP contribution in [0.5, 0.6) is 0 Å². The molecular formula is C10H19N. The topological polar surface area (TPSA) is 3.24 Å². The first-order chi connectivity index (χ1) is 5.18. The Morgan fingerprint density at radius 3 is 2.55 bits per heavy atom. The van der Waals surface area contributed by atoms with E-state index in [-0.39, 0.29) is 0 Å². The number of hydrogen-bond donors (Lipinski definition) is 0. The van der Waals surface area contributed by atoms with E-state index in [0.29, 0.717) is 0 Å². The molecule has 2 rings (SSSR count). The van der Waals surface area contributed by atoms with Crippen molar-refractivity contribution >= 4 is 0 Å². The van der Waals surface area contributed by atoms with E-state index < -0.39 is 0 Å². The van der Waals surface area contributed by atoms with Gasteiger partial charge in [0.25, 0.3) is 0 Å². The summed E-state index contributed by atoms with van der Waals surface area (Å²) in [5, 5.41) is 0. The van der Waals surface area contributed by atoms with E-state index >= 15 is 0 Å². The number of hydrogen-bond acceptors (Lipinski definition) is 1. The molecule has 64 valence electrons. The highest BCUT2D eigenvalue weighted by atomic mass is 15.2. The summed E-state index contributed by atoms with van der Waals surface area (Å²) in [6.45, 7) is 6.07. The number of nitrogens with zero attached hydrogens (tertiary/aromatic N) is 1. The van der Waals surface area contributed by atoms with Crippen molar-refractivity contribution in [3.63, 3.8) is 0 Å². The van der Waals surface area contributed by atoms with E-state index in [1.54, 1.807) is 0 Å². The molecule has 1 heterocycles. The van der Waals surface area contributed by atoms with Crippen molar-refractivity contribution in [3.8, 4) is 0 Å². The Kier molecular flexibility index (Phi) is 1.71. The predicted molar refractivity (Wildman–Crippen MR) is 47.5 cm³/mol. The van der Waals surface area contributed by atoms with Crippen LogP contribution in [0.3, 0.4) is 0 Å². The number of fused-ring (bicyclic) bond motifs is 1.